The number of benzene rings is 2. The molecule has 8 heteroatoms. The minimum Gasteiger partial charge on any atom is -0.354 e. The van der Waals surface area contributed by atoms with Gasteiger partial charge in [-0.15, -0.1) is 0 Å². The van der Waals surface area contributed by atoms with E-state index in [1.54, 1.807) is 18.2 Å². The predicted molar refractivity (Wildman–Crippen MR) is 106 cm³/mol. The monoisotopic (exact) mass is 409 g/mol. The summed E-state index contributed by atoms with van der Waals surface area (Å²) in [6.07, 6.45) is 0. The van der Waals surface area contributed by atoms with Gasteiger partial charge < -0.3 is 16.0 Å². The Labute approximate surface area is 165 Å². The summed E-state index contributed by atoms with van der Waals surface area (Å²) in [5, 5.41) is 9.79. The van der Waals surface area contributed by atoms with Crippen LogP contribution in [0.25, 0.3) is 0 Å². The average molecular weight is 410 g/mol. The number of halogens is 3. The van der Waals surface area contributed by atoms with Crippen molar-refractivity contribution < 1.29 is 9.18 Å². The summed E-state index contributed by atoms with van der Waals surface area (Å²) in [6, 6.07) is 9.97. The summed E-state index contributed by atoms with van der Waals surface area (Å²) in [5.41, 5.74) is 1.43. The van der Waals surface area contributed by atoms with Gasteiger partial charge in [-0.3, -0.25) is 4.79 Å². The van der Waals surface area contributed by atoms with Crippen molar-refractivity contribution in [3.8, 4) is 0 Å². The lowest BCUT2D eigenvalue weighted by Crippen LogP contribution is -2.51. The zero-order valence-corrected chi connectivity index (χ0v) is 15.7. The second kappa shape index (κ2) is 7.61. The molecule has 26 heavy (non-hydrogen) atoms. The van der Waals surface area contributed by atoms with E-state index in [9.17, 15) is 9.18 Å². The van der Waals surface area contributed by atoms with Gasteiger partial charge in [0.1, 0.15) is 11.7 Å². The van der Waals surface area contributed by atoms with Crippen molar-refractivity contribution in [1.82, 2.24) is 10.6 Å². The van der Waals surface area contributed by atoms with Crippen molar-refractivity contribution in [3.05, 3.63) is 76.2 Å². The second-order valence-electron chi connectivity index (χ2n) is 5.71. The molecule has 2 aromatic carbocycles. The zero-order chi connectivity index (χ0) is 18.8. The first-order valence-corrected chi connectivity index (χ1v) is 8.80. The topological polar surface area (TPSA) is 53.2 Å². The fourth-order valence-electron chi connectivity index (χ4n) is 2.79. The number of hydrogen-bond acceptors (Lipinski definition) is 2. The number of carbonyl (C=O) groups excluding carboxylic acids is 1. The molecular formula is C18H14Cl2FN3OS. The largest absolute Gasteiger partial charge is 0.354 e. The van der Waals surface area contributed by atoms with Gasteiger partial charge in [0.2, 0.25) is 5.91 Å². The molecule has 0 unspecified atom stereocenters. The molecule has 1 aliphatic rings. The number of hydrogen-bond donors (Lipinski definition) is 3. The summed E-state index contributed by atoms with van der Waals surface area (Å²) in [6.45, 7) is 3.91. The summed E-state index contributed by atoms with van der Waals surface area (Å²) < 4.78 is 13.1. The maximum absolute atomic E-state index is 13.1. The van der Waals surface area contributed by atoms with Crippen LogP contribution < -0.4 is 16.0 Å². The van der Waals surface area contributed by atoms with Gasteiger partial charge >= 0.3 is 0 Å². The third-order valence-corrected chi connectivity index (χ3v) is 4.85. The van der Waals surface area contributed by atoms with E-state index in [-0.39, 0.29) is 11.7 Å². The van der Waals surface area contributed by atoms with E-state index in [1.807, 2.05) is 0 Å². The van der Waals surface area contributed by atoms with E-state index in [0.29, 0.717) is 32.1 Å². The smallest absolute Gasteiger partial charge is 0.235 e. The highest BCUT2D eigenvalue weighted by atomic mass is 35.5. The lowest BCUT2D eigenvalue weighted by molar-refractivity contribution is -0.119. The van der Waals surface area contributed by atoms with Crippen LogP contribution in [0.3, 0.4) is 0 Å². The molecule has 0 saturated carbocycles. The maximum atomic E-state index is 13.1. The fourth-order valence-corrected chi connectivity index (χ4v) is 3.69. The predicted octanol–water partition coefficient (Wildman–Crippen LogP) is 4.42. The molecule has 0 radical (unpaired) electrons. The van der Waals surface area contributed by atoms with Crippen molar-refractivity contribution in [2.45, 2.75) is 6.04 Å². The van der Waals surface area contributed by atoms with Crippen molar-refractivity contribution in [2.75, 3.05) is 5.32 Å². The van der Waals surface area contributed by atoms with Crippen molar-refractivity contribution in [3.63, 3.8) is 0 Å². The van der Waals surface area contributed by atoms with Crippen LogP contribution in [-0.2, 0) is 4.79 Å². The third kappa shape index (κ3) is 3.82. The minimum atomic E-state index is -0.746. The molecule has 4 nitrogen and oxygen atoms in total. The first kappa shape index (κ1) is 18.6. The molecule has 1 heterocycles. The third-order valence-electron chi connectivity index (χ3n) is 3.97. The Balaban J connectivity index is 1.95. The normalized spacial score (nSPS) is 19.5. The highest BCUT2D eigenvalue weighted by molar-refractivity contribution is 7.80. The number of nitrogens with one attached hydrogen (secondary N) is 3. The summed E-state index contributed by atoms with van der Waals surface area (Å²) in [5.74, 6) is -1.49. The molecule has 2 atom stereocenters. The molecule has 3 N–H and O–H groups in total. The van der Waals surface area contributed by atoms with E-state index in [1.165, 1.54) is 24.3 Å². The van der Waals surface area contributed by atoms with Crippen LogP contribution in [0.2, 0.25) is 10.0 Å². The van der Waals surface area contributed by atoms with Gasteiger partial charge in [-0.25, -0.2) is 4.39 Å². The lowest BCUT2D eigenvalue weighted by atomic mass is 9.88. The molecule has 1 aliphatic heterocycles. The zero-order valence-electron chi connectivity index (χ0n) is 13.4. The summed E-state index contributed by atoms with van der Waals surface area (Å²) in [4.78, 5) is 12.9. The standard InChI is InChI=1S/C18H14Cl2FN3OS/c1-9-14(17(25)23-11-7-5-10(21)6-8-11)16(24-18(26)22-9)15-12(19)3-2-4-13(15)20/h2-8,14,16H,1H2,(H,23,25)(H2,22,24,26)/t14-,16-/m1/s1. The van der Waals surface area contributed by atoms with Crippen LogP contribution in [0, 0.1) is 11.7 Å². The van der Waals surface area contributed by atoms with Gasteiger partial charge in [0.25, 0.3) is 0 Å². The molecule has 3 rings (SSSR count). The van der Waals surface area contributed by atoms with Crippen LogP contribution in [-0.4, -0.2) is 11.0 Å². The van der Waals surface area contributed by atoms with E-state index in [2.05, 4.69) is 22.5 Å². The molecule has 0 bridgehead atoms. The quantitative estimate of drug-likeness (QED) is 0.656. The number of thiocarbonyl (C=S) groups is 1. The van der Waals surface area contributed by atoms with Crippen LogP contribution in [0.5, 0.6) is 0 Å². The Morgan fingerprint density at radius 1 is 1.15 bits per heavy atom. The van der Waals surface area contributed by atoms with Gasteiger partial charge in [0.05, 0.1) is 6.04 Å². The molecule has 0 aromatic heterocycles. The van der Waals surface area contributed by atoms with Gasteiger partial charge in [-0.2, -0.15) is 0 Å². The van der Waals surface area contributed by atoms with Gasteiger partial charge in [-0.1, -0.05) is 35.8 Å². The highest BCUT2D eigenvalue weighted by Crippen LogP contribution is 2.38. The molecule has 134 valence electrons. The number of amides is 1. The Bertz CT molecular complexity index is 868. The second-order valence-corrected chi connectivity index (χ2v) is 6.93. The van der Waals surface area contributed by atoms with Crippen molar-refractivity contribution in [2.24, 2.45) is 5.92 Å². The lowest BCUT2D eigenvalue weighted by Gasteiger charge is -2.36. The first-order chi connectivity index (χ1) is 12.4. The van der Waals surface area contributed by atoms with Crippen LogP contribution in [0.15, 0.2) is 54.7 Å². The van der Waals surface area contributed by atoms with Crippen LogP contribution >= 0.6 is 35.4 Å². The van der Waals surface area contributed by atoms with Crippen molar-refractivity contribution >= 4 is 52.1 Å². The number of carbonyl (C=O) groups is 1. The molecule has 0 spiro atoms. The Morgan fingerprint density at radius 2 is 1.77 bits per heavy atom. The SMILES string of the molecule is C=C1NC(=S)N[C@@H](c2c(Cl)cccc2Cl)[C@@H]1C(=O)Nc1ccc(F)cc1. The highest BCUT2D eigenvalue weighted by Gasteiger charge is 2.38. The van der Waals surface area contributed by atoms with E-state index in [4.69, 9.17) is 35.4 Å². The molecule has 2 aromatic rings. The van der Waals surface area contributed by atoms with Gasteiger partial charge in [0.15, 0.2) is 5.11 Å². The summed E-state index contributed by atoms with van der Waals surface area (Å²) >= 11 is 17.8. The van der Waals surface area contributed by atoms with Gasteiger partial charge in [0, 0.05) is 27.0 Å². The van der Waals surface area contributed by atoms with E-state index >= 15 is 0 Å². The van der Waals surface area contributed by atoms with E-state index in [0.717, 1.165) is 0 Å². The van der Waals surface area contributed by atoms with Gasteiger partial charge in [-0.05, 0) is 48.6 Å². The van der Waals surface area contributed by atoms with Crippen molar-refractivity contribution in [1.29, 1.82) is 0 Å². The first-order valence-electron chi connectivity index (χ1n) is 7.63. The fraction of sp³-hybridized carbons (Fsp3) is 0.111. The molecular weight excluding hydrogens is 396 g/mol. The summed E-state index contributed by atoms with van der Waals surface area (Å²) in [7, 11) is 0. The molecule has 1 amide bonds. The number of anilines is 1. The number of rotatable bonds is 3. The Hall–Kier alpha value is -2.15. The molecule has 1 fully saturated rings. The molecule has 0 aliphatic carbocycles. The Morgan fingerprint density at radius 3 is 2.38 bits per heavy atom. The minimum absolute atomic E-state index is 0.321. The maximum Gasteiger partial charge on any atom is 0.235 e. The average Bonchev–Trinajstić information content (AvgIpc) is 2.56. The Kier molecular flexibility index (Phi) is 5.46. The molecule has 1 saturated heterocycles. The van der Waals surface area contributed by atoms with Crippen LogP contribution in [0.4, 0.5) is 10.1 Å². The van der Waals surface area contributed by atoms with E-state index < -0.39 is 12.0 Å². The van der Waals surface area contributed by atoms with Crippen LogP contribution in [0.1, 0.15) is 11.6 Å².